The van der Waals surface area contributed by atoms with Gasteiger partial charge in [0, 0.05) is 25.9 Å². The summed E-state index contributed by atoms with van der Waals surface area (Å²) >= 11 is 0. The van der Waals surface area contributed by atoms with E-state index in [0.717, 1.165) is 24.1 Å². The lowest BCUT2D eigenvalue weighted by Crippen LogP contribution is -2.23. The molecule has 1 aliphatic carbocycles. The molecule has 1 aromatic rings. The third-order valence-electron chi connectivity index (χ3n) is 2.84. The maximum absolute atomic E-state index is 5.12. The Hall–Kier alpha value is -1.03. The van der Waals surface area contributed by atoms with Gasteiger partial charge in [0.1, 0.15) is 0 Å². The van der Waals surface area contributed by atoms with E-state index in [-0.39, 0.29) is 0 Å². The van der Waals surface area contributed by atoms with E-state index in [1.54, 1.807) is 7.11 Å². The molecule has 0 spiro atoms. The van der Waals surface area contributed by atoms with Crippen LogP contribution in [-0.4, -0.2) is 29.3 Å². The highest BCUT2D eigenvalue weighted by atomic mass is 16.5. The largest absolute Gasteiger partial charge is 0.383 e. The number of ether oxygens (including phenoxy) is 1. The molecule has 1 unspecified atom stereocenters. The number of aryl methyl sites for hydroxylation is 1. The second-order valence-corrected chi connectivity index (χ2v) is 4.80. The zero-order chi connectivity index (χ0) is 11.5. The molecule has 0 aromatic carbocycles. The molecule has 0 bridgehead atoms. The Morgan fingerprint density at radius 3 is 3.00 bits per heavy atom. The first kappa shape index (κ1) is 11.5. The third-order valence-corrected chi connectivity index (χ3v) is 2.84. The van der Waals surface area contributed by atoms with Gasteiger partial charge in [0.15, 0.2) is 0 Å². The zero-order valence-electron chi connectivity index (χ0n) is 10.4. The molecule has 1 aliphatic rings. The number of methoxy groups -OCH3 is 1. The Labute approximate surface area is 97.0 Å². The van der Waals surface area contributed by atoms with Crippen LogP contribution in [0, 0.1) is 12.8 Å². The summed E-state index contributed by atoms with van der Waals surface area (Å²) in [6, 6.07) is 0.296. The van der Waals surface area contributed by atoms with E-state index < -0.39 is 0 Å². The van der Waals surface area contributed by atoms with E-state index in [9.17, 15) is 0 Å². The molecular weight excluding hydrogens is 202 g/mol. The summed E-state index contributed by atoms with van der Waals surface area (Å²) < 4.78 is 7.35. The number of hydrogen-bond acceptors (Lipinski definition) is 3. The molecule has 90 valence electrons. The average molecular weight is 223 g/mol. The van der Waals surface area contributed by atoms with Gasteiger partial charge in [-0.2, -0.15) is 0 Å². The Morgan fingerprint density at radius 2 is 2.38 bits per heavy atom. The van der Waals surface area contributed by atoms with Crippen molar-refractivity contribution in [2.24, 2.45) is 5.92 Å². The fourth-order valence-corrected chi connectivity index (χ4v) is 1.89. The molecule has 1 fully saturated rings. The molecule has 1 aromatic heterocycles. The summed E-state index contributed by atoms with van der Waals surface area (Å²) in [7, 11) is 1.72. The van der Waals surface area contributed by atoms with Crippen molar-refractivity contribution in [2.75, 3.05) is 19.0 Å². The fraction of sp³-hybridized carbons (Fsp3) is 0.750. The Morgan fingerprint density at radius 1 is 1.62 bits per heavy atom. The Kier molecular flexibility index (Phi) is 3.49. The van der Waals surface area contributed by atoms with Crippen molar-refractivity contribution >= 4 is 5.95 Å². The van der Waals surface area contributed by atoms with Crippen molar-refractivity contribution < 1.29 is 4.74 Å². The van der Waals surface area contributed by atoms with Gasteiger partial charge in [0.05, 0.1) is 12.3 Å². The molecule has 0 amide bonds. The predicted molar refractivity (Wildman–Crippen MR) is 64.6 cm³/mol. The smallest absolute Gasteiger partial charge is 0.203 e. The number of anilines is 1. The topological polar surface area (TPSA) is 39.1 Å². The number of nitrogens with zero attached hydrogens (tertiary/aromatic N) is 2. The summed E-state index contributed by atoms with van der Waals surface area (Å²) in [4.78, 5) is 4.51. The van der Waals surface area contributed by atoms with E-state index in [1.807, 2.05) is 6.92 Å². The molecule has 4 heteroatoms. The van der Waals surface area contributed by atoms with Crippen LogP contribution in [0.4, 0.5) is 5.95 Å². The highest BCUT2D eigenvalue weighted by Gasteiger charge is 2.23. The van der Waals surface area contributed by atoms with Gasteiger partial charge in [-0.3, -0.25) is 0 Å². The first-order valence-electron chi connectivity index (χ1n) is 5.98. The standard InChI is InChI=1S/C12H21N3O/c1-9-6-15(7-11-4-5-11)12(13-9)14-10(2)8-16-3/h6,10-11H,4-5,7-8H2,1-3H3,(H,13,14). The lowest BCUT2D eigenvalue weighted by atomic mass is 10.4. The minimum Gasteiger partial charge on any atom is -0.383 e. The summed E-state index contributed by atoms with van der Waals surface area (Å²) in [5.41, 5.74) is 1.08. The molecule has 4 nitrogen and oxygen atoms in total. The molecule has 2 rings (SSSR count). The summed E-state index contributed by atoms with van der Waals surface area (Å²) in [5, 5.41) is 3.39. The first-order chi connectivity index (χ1) is 7.69. The first-order valence-corrected chi connectivity index (χ1v) is 5.98. The normalized spacial score (nSPS) is 17.4. The number of imidazole rings is 1. The van der Waals surface area contributed by atoms with Crippen LogP contribution >= 0.6 is 0 Å². The van der Waals surface area contributed by atoms with Crippen molar-refractivity contribution in [3.8, 4) is 0 Å². The second-order valence-electron chi connectivity index (χ2n) is 4.80. The van der Waals surface area contributed by atoms with Gasteiger partial charge in [-0.05, 0) is 32.6 Å². The van der Waals surface area contributed by atoms with Crippen LogP contribution in [0.2, 0.25) is 0 Å². The van der Waals surface area contributed by atoms with Crippen LogP contribution in [0.15, 0.2) is 6.20 Å². The van der Waals surface area contributed by atoms with Gasteiger partial charge in [0.2, 0.25) is 5.95 Å². The van der Waals surface area contributed by atoms with Crippen LogP contribution in [-0.2, 0) is 11.3 Å². The van der Waals surface area contributed by atoms with Crippen molar-refractivity contribution in [1.29, 1.82) is 0 Å². The van der Waals surface area contributed by atoms with Gasteiger partial charge in [0.25, 0.3) is 0 Å². The summed E-state index contributed by atoms with van der Waals surface area (Å²) in [5.74, 6) is 1.85. The van der Waals surface area contributed by atoms with Gasteiger partial charge < -0.3 is 14.6 Å². The number of nitrogens with one attached hydrogen (secondary N) is 1. The number of aromatic nitrogens is 2. The molecule has 0 radical (unpaired) electrons. The molecule has 1 atom stereocenters. The van der Waals surface area contributed by atoms with Gasteiger partial charge >= 0.3 is 0 Å². The van der Waals surface area contributed by atoms with Crippen LogP contribution in [0.5, 0.6) is 0 Å². The van der Waals surface area contributed by atoms with Gasteiger partial charge in [-0.25, -0.2) is 4.98 Å². The molecule has 16 heavy (non-hydrogen) atoms. The average Bonchev–Trinajstić information content (AvgIpc) is 2.94. The van der Waals surface area contributed by atoms with E-state index in [1.165, 1.54) is 12.8 Å². The van der Waals surface area contributed by atoms with E-state index >= 15 is 0 Å². The predicted octanol–water partition coefficient (Wildman–Crippen LogP) is 2.05. The fourth-order valence-electron chi connectivity index (χ4n) is 1.89. The summed E-state index contributed by atoms with van der Waals surface area (Å²) in [6.07, 6.45) is 4.86. The monoisotopic (exact) mass is 223 g/mol. The van der Waals surface area contributed by atoms with Gasteiger partial charge in [-0.15, -0.1) is 0 Å². The minimum atomic E-state index is 0.296. The number of rotatable bonds is 6. The second kappa shape index (κ2) is 4.87. The van der Waals surface area contributed by atoms with Crippen LogP contribution in [0.3, 0.4) is 0 Å². The van der Waals surface area contributed by atoms with Crippen LogP contribution in [0.1, 0.15) is 25.5 Å². The molecular formula is C12H21N3O. The zero-order valence-corrected chi connectivity index (χ0v) is 10.4. The lowest BCUT2D eigenvalue weighted by molar-refractivity contribution is 0.190. The molecule has 0 aliphatic heterocycles. The molecule has 1 saturated carbocycles. The third kappa shape index (κ3) is 2.98. The highest BCUT2D eigenvalue weighted by molar-refractivity contribution is 5.30. The molecule has 1 N–H and O–H groups in total. The van der Waals surface area contributed by atoms with Crippen molar-refractivity contribution in [3.63, 3.8) is 0 Å². The number of hydrogen-bond donors (Lipinski definition) is 1. The van der Waals surface area contributed by atoms with E-state index in [2.05, 4.69) is 28.0 Å². The summed E-state index contributed by atoms with van der Waals surface area (Å²) in [6.45, 7) is 5.95. The SMILES string of the molecule is COCC(C)Nc1nc(C)cn1CC1CC1. The van der Waals surface area contributed by atoms with Gasteiger partial charge in [-0.1, -0.05) is 0 Å². The lowest BCUT2D eigenvalue weighted by Gasteiger charge is -2.14. The van der Waals surface area contributed by atoms with E-state index in [4.69, 9.17) is 4.74 Å². The van der Waals surface area contributed by atoms with Crippen molar-refractivity contribution in [2.45, 2.75) is 39.3 Å². The van der Waals surface area contributed by atoms with Crippen LogP contribution in [0.25, 0.3) is 0 Å². The van der Waals surface area contributed by atoms with Crippen molar-refractivity contribution in [1.82, 2.24) is 9.55 Å². The quantitative estimate of drug-likeness (QED) is 0.802. The Bertz CT molecular complexity index is 344. The maximum Gasteiger partial charge on any atom is 0.203 e. The molecule has 0 saturated heterocycles. The highest BCUT2D eigenvalue weighted by Crippen LogP contribution is 2.31. The Balaban J connectivity index is 1.99. The van der Waals surface area contributed by atoms with E-state index in [0.29, 0.717) is 12.6 Å². The maximum atomic E-state index is 5.12. The molecule has 1 heterocycles. The van der Waals surface area contributed by atoms with Crippen LogP contribution < -0.4 is 5.32 Å². The van der Waals surface area contributed by atoms with Crippen molar-refractivity contribution in [3.05, 3.63) is 11.9 Å². The minimum absolute atomic E-state index is 0.296.